The minimum absolute atomic E-state index is 0.0758. The number of carbonyl (C=O) groups excluding carboxylic acids is 1. The summed E-state index contributed by atoms with van der Waals surface area (Å²) in [6.45, 7) is 0.903. The lowest BCUT2D eigenvalue weighted by Crippen LogP contribution is -2.34. The zero-order valence-corrected chi connectivity index (χ0v) is 27.7. The van der Waals surface area contributed by atoms with Gasteiger partial charge in [-0.3, -0.25) is 4.79 Å². The van der Waals surface area contributed by atoms with Gasteiger partial charge < -0.3 is 18.9 Å². The van der Waals surface area contributed by atoms with Crippen molar-refractivity contribution in [2.45, 2.75) is 23.8 Å². The summed E-state index contributed by atoms with van der Waals surface area (Å²) in [6.07, 6.45) is 3.10. The Bertz CT molecular complexity index is 1760. The molecule has 1 atom stereocenters. The third-order valence-electron chi connectivity index (χ3n) is 7.02. The van der Waals surface area contributed by atoms with Crippen molar-refractivity contribution in [3.05, 3.63) is 70.2 Å². The number of likely N-dealkylation sites (N-methyl/N-ethyl adjacent to an activating group) is 1. The fraction of sp³-hybridized carbons (Fsp3) is 0.300. The maximum Gasteiger partial charge on any atom is 0.280 e. The zero-order valence-electron chi connectivity index (χ0n) is 24.5. The van der Waals surface area contributed by atoms with Crippen LogP contribution in [0, 0.1) is 0 Å². The average molecular weight is 704 g/mol. The van der Waals surface area contributed by atoms with Gasteiger partial charge >= 0.3 is 0 Å². The molecule has 1 aliphatic heterocycles. The van der Waals surface area contributed by atoms with Crippen molar-refractivity contribution in [1.82, 2.24) is 9.29 Å². The first-order valence-electron chi connectivity index (χ1n) is 13.6. The Hall–Kier alpha value is -3.56. The minimum atomic E-state index is -3.78. The van der Waals surface area contributed by atoms with Gasteiger partial charge in [0.05, 0.1) is 48.8 Å². The Balaban J connectivity index is 1.48. The van der Waals surface area contributed by atoms with E-state index in [1.54, 1.807) is 12.1 Å². The van der Waals surface area contributed by atoms with Crippen molar-refractivity contribution in [2.24, 2.45) is 5.10 Å². The Labute approximate surface area is 268 Å². The fourth-order valence-corrected chi connectivity index (χ4v) is 7.39. The van der Waals surface area contributed by atoms with Crippen LogP contribution in [-0.2, 0) is 14.8 Å². The highest BCUT2D eigenvalue weighted by atomic mass is 79.9. The highest BCUT2D eigenvalue weighted by molar-refractivity contribution is 9.10. The smallest absolute Gasteiger partial charge is 0.280 e. The maximum absolute atomic E-state index is 13.9. The van der Waals surface area contributed by atoms with Crippen molar-refractivity contribution in [3.8, 4) is 17.2 Å². The molecule has 0 aliphatic carbocycles. The van der Waals surface area contributed by atoms with Crippen LogP contribution in [0.2, 0.25) is 0 Å². The number of thiazole rings is 1. The summed E-state index contributed by atoms with van der Waals surface area (Å²) in [5.74, 6) is 0.784. The second-order valence-corrected chi connectivity index (χ2v) is 13.8. The number of rotatable bonds is 11. The Morgan fingerprint density at radius 1 is 1.09 bits per heavy atom. The Kier molecular flexibility index (Phi) is 9.85. The van der Waals surface area contributed by atoms with Crippen molar-refractivity contribution in [2.75, 3.05) is 46.5 Å². The van der Waals surface area contributed by atoms with Gasteiger partial charge in [-0.05, 0) is 67.4 Å². The third kappa shape index (κ3) is 6.74. The van der Waals surface area contributed by atoms with E-state index < -0.39 is 15.9 Å². The van der Waals surface area contributed by atoms with E-state index in [-0.39, 0.29) is 23.1 Å². The molecule has 0 saturated carbocycles. The first-order valence-corrected chi connectivity index (χ1v) is 16.6. The van der Waals surface area contributed by atoms with Gasteiger partial charge in [0.25, 0.3) is 5.91 Å². The van der Waals surface area contributed by atoms with E-state index >= 15 is 0 Å². The van der Waals surface area contributed by atoms with E-state index in [4.69, 9.17) is 18.9 Å². The zero-order chi connectivity index (χ0) is 31.4. The molecule has 11 nitrogen and oxygen atoms in total. The second-order valence-electron chi connectivity index (χ2n) is 9.87. The van der Waals surface area contributed by atoms with Gasteiger partial charge in [0, 0.05) is 35.8 Å². The summed E-state index contributed by atoms with van der Waals surface area (Å²) >= 11 is 4.77. The molecular weight excluding hydrogens is 672 g/mol. The molecule has 3 aromatic carbocycles. The van der Waals surface area contributed by atoms with Crippen LogP contribution in [0.3, 0.4) is 0 Å². The number of fused-ring (bicyclic) bond motifs is 1. The van der Waals surface area contributed by atoms with Crippen molar-refractivity contribution < 1.29 is 32.2 Å². The molecule has 5 rings (SSSR count). The molecule has 1 amide bonds. The highest BCUT2D eigenvalue weighted by Gasteiger charge is 2.27. The van der Waals surface area contributed by atoms with Gasteiger partial charge in [-0.2, -0.15) is 14.4 Å². The Morgan fingerprint density at radius 2 is 1.80 bits per heavy atom. The molecule has 14 heteroatoms. The van der Waals surface area contributed by atoms with Crippen LogP contribution in [0.1, 0.15) is 28.8 Å². The molecule has 44 heavy (non-hydrogen) atoms. The maximum atomic E-state index is 13.9. The second kappa shape index (κ2) is 13.6. The number of methoxy groups -OCH3 is 3. The number of nitrogens with zero attached hydrogens (tertiary/aromatic N) is 4. The molecular formula is C30H31BrN4O7S2. The molecule has 1 unspecified atom stereocenters. The summed E-state index contributed by atoms with van der Waals surface area (Å²) in [6, 6.07) is 14.8. The summed E-state index contributed by atoms with van der Waals surface area (Å²) in [5.41, 5.74) is 1.51. The van der Waals surface area contributed by atoms with Crippen molar-refractivity contribution in [1.29, 1.82) is 0 Å². The van der Waals surface area contributed by atoms with Crippen LogP contribution >= 0.6 is 27.3 Å². The molecule has 0 radical (unpaired) electrons. The van der Waals surface area contributed by atoms with Gasteiger partial charge in [0.2, 0.25) is 20.9 Å². The number of hydrogen-bond donors (Lipinski definition) is 0. The number of sulfonamides is 1. The van der Waals surface area contributed by atoms with Crippen LogP contribution in [0.4, 0.5) is 5.13 Å². The predicted octanol–water partition coefficient (Wildman–Crippen LogP) is 5.57. The number of aromatic nitrogens is 1. The monoisotopic (exact) mass is 702 g/mol. The van der Waals surface area contributed by atoms with Crippen molar-refractivity contribution in [3.63, 3.8) is 0 Å². The first kappa shape index (κ1) is 31.9. The van der Waals surface area contributed by atoms with Crippen LogP contribution in [-0.4, -0.2) is 77.5 Å². The van der Waals surface area contributed by atoms with Gasteiger partial charge in [0.1, 0.15) is 0 Å². The lowest BCUT2D eigenvalue weighted by atomic mass is 10.2. The highest BCUT2D eigenvalue weighted by Crippen LogP contribution is 2.38. The molecule has 0 bridgehead atoms. The van der Waals surface area contributed by atoms with Gasteiger partial charge in [-0.1, -0.05) is 27.3 Å². The number of hydrazone groups is 1. The average Bonchev–Trinajstić information content (AvgIpc) is 3.70. The van der Waals surface area contributed by atoms with Crippen LogP contribution in [0.15, 0.2) is 69.1 Å². The number of benzene rings is 3. The van der Waals surface area contributed by atoms with E-state index in [0.29, 0.717) is 40.1 Å². The van der Waals surface area contributed by atoms with E-state index in [0.717, 1.165) is 22.0 Å². The quantitative estimate of drug-likeness (QED) is 0.147. The third-order valence-corrected chi connectivity index (χ3v) is 10.3. The van der Waals surface area contributed by atoms with Crippen molar-refractivity contribution >= 4 is 64.8 Å². The largest absolute Gasteiger partial charge is 0.493 e. The lowest BCUT2D eigenvalue weighted by molar-refractivity contribution is 0.0978. The summed E-state index contributed by atoms with van der Waals surface area (Å²) in [4.78, 5) is 18.6. The number of amides is 1. The van der Waals surface area contributed by atoms with E-state index in [9.17, 15) is 13.2 Å². The molecule has 232 valence electrons. The number of ether oxygens (including phenoxy) is 4. The number of halogens is 1. The number of hydrogen-bond acceptors (Lipinski definition) is 10. The van der Waals surface area contributed by atoms with E-state index in [2.05, 4.69) is 26.0 Å². The summed E-state index contributed by atoms with van der Waals surface area (Å²) in [7, 11) is 2.29. The number of carbonyl (C=O) groups is 1. The predicted molar refractivity (Wildman–Crippen MR) is 173 cm³/mol. The topological polar surface area (TPSA) is 120 Å². The summed E-state index contributed by atoms with van der Waals surface area (Å²) in [5, 5.41) is 6.05. The van der Waals surface area contributed by atoms with Crippen LogP contribution in [0.25, 0.3) is 10.2 Å². The fourth-order valence-electron chi connectivity index (χ4n) is 4.71. The standard InChI is InChI=1S/C30H31BrN4O7S2/c1-34(18-22-6-5-13-42-22)44(37,38)23-10-7-20(8-11-23)29(36)35(30-33-24-12-9-21(31)16-27(24)43-30)32-17-19-14-25(39-2)28(41-4)26(15-19)40-3/h7-12,14-17,22H,5-6,13,18H2,1-4H3/b32-17+. The molecule has 1 fully saturated rings. The molecule has 1 aromatic heterocycles. The van der Waals surface area contributed by atoms with Gasteiger partial charge in [0.15, 0.2) is 11.5 Å². The molecule has 4 aromatic rings. The van der Waals surface area contributed by atoms with E-state index in [1.165, 1.54) is 79.5 Å². The molecule has 0 N–H and O–H groups in total. The summed E-state index contributed by atoms with van der Waals surface area (Å²) < 4.78 is 51.3. The van der Waals surface area contributed by atoms with Gasteiger partial charge in [-0.15, -0.1) is 0 Å². The molecule has 2 heterocycles. The van der Waals surface area contributed by atoms with Crippen LogP contribution in [0.5, 0.6) is 17.2 Å². The molecule has 1 saturated heterocycles. The first-order chi connectivity index (χ1) is 21.1. The SMILES string of the molecule is COc1cc(/C=N/N(C(=O)c2ccc(S(=O)(=O)N(C)CC3CCCO3)cc2)c2nc3ccc(Br)cc3s2)cc(OC)c1OC. The minimum Gasteiger partial charge on any atom is -0.493 e. The normalized spacial score (nSPS) is 15.3. The van der Waals surface area contributed by atoms with E-state index in [1.807, 2.05) is 18.2 Å². The Morgan fingerprint density at radius 3 is 2.41 bits per heavy atom. The van der Waals surface area contributed by atoms with Gasteiger partial charge in [-0.25, -0.2) is 13.4 Å². The molecule has 0 spiro atoms. The molecule has 1 aliphatic rings. The van der Waals surface area contributed by atoms with Crippen LogP contribution < -0.4 is 19.2 Å². The number of anilines is 1. The lowest BCUT2D eigenvalue weighted by Gasteiger charge is -2.20.